The van der Waals surface area contributed by atoms with Crippen LogP contribution in [0, 0.1) is 13.8 Å². The summed E-state index contributed by atoms with van der Waals surface area (Å²) in [7, 11) is 1.80. The fourth-order valence-electron chi connectivity index (χ4n) is 2.19. The molecule has 0 N–H and O–H groups in total. The number of nitrogens with zero attached hydrogens (tertiary/aromatic N) is 3. The Hall–Kier alpha value is -2.10. The van der Waals surface area contributed by atoms with Crippen LogP contribution in [0.2, 0.25) is 0 Å². The summed E-state index contributed by atoms with van der Waals surface area (Å²) in [6.45, 7) is 6.52. The lowest BCUT2D eigenvalue weighted by Crippen LogP contribution is -2.32. The van der Waals surface area contributed by atoms with Gasteiger partial charge < -0.3 is 4.90 Å². The number of hydrogen-bond donors (Lipinski definition) is 0. The van der Waals surface area contributed by atoms with Crippen molar-refractivity contribution >= 4 is 11.6 Å². The van der Waals surface area contributed by atoms with Crippen LogP contribution in [-0.4, -0.2) is 22.2 Å². The fourth-order valence-corrected chi connectivity index (χ4v) is 2.19. The number of amides is 1. The molecule has 1 amide bonds. The molecule has 0 fully saturated rings. The van der Waals surface area contributed by atoms with Crippen molar-refractivity contribution < 1.29 is 4.79 Å². The van der Waals surface area contributed by atoms with Crippen molar-refractivity contribution in [2.24, 2.45) is 7.05 Å². The van der Waals surface area contributed by atoms with E-state index in [4.69, 9.17) is 0 Å². The zero-order chi connectivity index (χ0) is 14.0. The molecule has 0 saturated carbocycles. The highest BCUT2D eigenvalue weighted by Gasteiger charge is 2.19. The van der Waals surface area contributed by atoms with Crippen LogP contribution in [0.1, 0.15) is 28.7 Å². The number of anilines is 1. The Morgan fingerprint density at radius 3 is 2.58 bits per heavy atom. The molecule has 0 radical (unpaired) electrons. The molecule has 100 valence electrons. The van der Waals surface area contributed by atoms with Gasteiger partial charge in [0.1, 0.15) is 5.69 Å². The van der Waals surface area contributed by atoms with Gasteiger partial charge in [-0.2, -0.15) is 5.10 Å². The predicted octanol–water partition coefficient (Wildman–Crippen LogP) is 2.70. The van der Waals surface area contributed by atoms with Crippen LogP contribution in [0.15, 0.2) is 30.3 Å². The van der Waals surface area contributed by atoms with Crippen molar-refractivity contribution in [2.75, 3.05) is 11.4 Å². The largest absolute Gasteiger partial charge is 0.307 e. The molecular weight excluding hydrogens is 238 g/mol. The Morgan fingerprint density at radius 2 is 2.05 bits per heavy atom. The molecule has 0 spiro atoms. The van der Waals surface area contributed by atoms with Gasteiger partial charge in [-0.05, 0) is 44.5 Å². The SMILES string of the molecule is CCN(C(=O)c1cc(C)nn1C)c1cccc(C)c1. The number of aryl methyl sites for hydroxylation is 3. The first-order valence-electron chi connectivity index (χ1n) is 6.42. The van der Waals surface area contributed by atoms with Crippen molar-refractivity contribution in [3.8, 4) is 0 Å². The molecule has 1 aromatic carbocycles. The van der Waals surface area contributed by atoms with Crippen LogP contribution in [-0.2, 0) is 7.05 Å². The minimum atomic E-state index is -0.0174. The lowest BCUT2D eigenvalue weighted by atomic mass is 10.2. The summed E-state index contributed by atoms with van der Waals surface area (Å²) in [5.74, 6) is -0.0174. The van der Waals surface area contributed by atoms with Crippen molar-refractivity contribution in [3.63, 3.8) is 0 Å². The van der Waals surface area contributed by atoms with E-state index in [1.807, 2.05) is 51.1 Å². The van der Waals surface area contributed by atoms with Gasteiger partial charge in [0.2, 0.25) is 0 Å². The summed E-state index contributed by atoms with van der Waals surface area (Å²) < 4.78 is 1.64. The molecule has 0 bridgehead atoms. The molecule has 1 heterocycles. The van der Waals surface area contributed by atoms with Crippen molar-refractivity contribution in [2.45, 2.75) is 20.8 Å². The summed E-state index contributed by atoms with van der Waals surface area (Å²) in [4.78, 5) is 14.4. The van der Waals surface area contributed by atoms with Crippen LogP contribution in [0.3, 0.4) is 0 Å². The lowest BCUT2D eigenvalue weighted by Gasteiger charge is -2.21. The summed E-state index contributed by atoms with van der Waals surface area (Å²) >= 11 is 0. The van der Waals surface area contributed by atoms with E-state index in [2.05, 4.69) is 5.10 Å². The fraction of sp³-hybridized carbons (Fsp3) is 0.333. The van der Waals surface area contributed by atoms with Gasteiger partial charge in [0.15, 0.2) is 0 Å². The molecule has 0 aliphatic carbocycles. The van der Waals surface area contributed by atoms with Gasteiger partial charge in [0.05, 0.1) is 5.69 Å². The highest BCUT2D eigenvalue weighted by Crippen LogP contribution is 2.18. The third-order valence-corrected chi connectivity index (χ3v) is 3.10. The second-order valence-electron chi connectivity index (χ2n) is 4.68. The highest BCUT2D eigenvalue weighted by atomic mass is 16.2. The summed E-state index contributed by atoms with van der Waals surface area (Å²) in [5.41, 5.74) is 3.53. The van der Waals surface area contributed by atoms with Crippen LogP contribution in [0.4, 0.5) is 5.69 Å². The summed E-state index contributed by atoms with van der Waals surface area (Å²) in [6, 6.07) is 9.79. The first-order valence-corrected chi connectivity index (χ1v) is 6.42. The molecule has 4 heteroatoms. The number of benzene rings is 1. The lowest BCUT2D eigenvalue weighted by molar-refractivity contribution is 0.0979. The van der Waals surface area contributed by atoms with E-state index >= 15 is 0 Å². The second-order valence-corrected chi connectivity index (χ2v) is 4.68. The molecule has 0 saturated heterocycles. The third kappa shape index (κ3) is 2.67. The Bertz CT molecular complexity index is 601. The standard InChI is InChI=1S/C15H19N3O/c1-5-18(13-8-6-7-11(2)9-13)15(19)14-10-12(3)16-17(14)4/h6-10H,5H2,1-4H3. The number of hydrogen-bond acceptors (Lipinski definition) is 2. The quantitative estimate of drug-likeness (QED) is 0.848. The molecule has 1 aromatic heterocycles. The molecule has 2 rings (SSSR count). The average Bonchev–Trinajstić information content (AvgIpc) is 2.69. The maximum atomic E-state index is 12.6. The molecular formula is C15H19N3O. The minimum absolute atomic E-state index is 0.0174. The summed E-state index contributed by atoms with van der Waals surface area (Å²) in [5, 5.41) is 4.23. The van der Waals surface area contributed by atoms with Crippen LogP contribution >= 0.6 is 0 Å². The smallest absolute Gasteiger partial charge is 0.276 e. The van der Waals surface area contributed by atoms with Gasteiger partial charge in [-0.1, -0.05) is 12.1 Å². The van der Waals surface area contributed by atoms with Gasteiger partial charge in [0.25, 0.3) is 5.91 Å². The van der Waals surface area contributed by atoms with Gasteiger partial charge in [-0.25, -0.2) is 0 Å². The third-order valence-electron chi connectivity index (χ3n) is 3.10. The van der Waals surface area contributed by atoms with E-state index in [-0.39, 0.29) is 5.91 Å². The van der Waals surface area contributed by atoms with E-state index in [0.29, 0.717) is 12.2 Å². The Morgan fingerprint density at radius 1 is 1.32 bits per heavy atom. The molecule has 2 aromatic rings. The molecule has 0 unspecified atom stereocenters. The number of rotatable bonds is 3. The first-order chi connectivity index (χ1) is 9.02. The average molecular weight is 257 g/mol. The molecule has 19 heavy (non-hydrogen) atoms. The van der Waals surface area contributed by atoms with E-state index < -0.39 is 0 Å². The summed E-state index contributed by atoms with van der Waals surface area (Å²) in [6.07, 6.45) is 0. The molecule has 0 aliphatic heterocycles. The topological polar surface area (TPSA) is 38.1 Å². The van der Waals surface area contributed by atoms with Gasteiger partial charge in [0, 0.05) is 19.3 Å². The zero-order valence-electron chi connectivity index (χ0n) is 11.8. The van der Waals surface area contributed by atoms with Gasteiger partial charge >= 0.3 is 0 Å². The van der Waals surface area contributed by atoms with E-state index in [9.17, 15) is 4.79 Å². The molecule has 4 nitrogen and oxygen atoms in total. The maximum Gasteiger partial charge on any atom is 0.276 e. The minimum Gasteiger partial charge on any atom is -0.307 e. The zero-order valence-corrected chi connectivity index (χ0v) is 11.8. The Labute approximate surface area is 113 Å². The van der Waals surface area contributed by atoms with E-state index in [0.717, 1.165) is 16.9 Å². The number of aromatic nitrogens is 2. The highest BCUT2D eigenvalue weighted by molar-refractivity contribution is 6.05. The van der Waals surface area contributed by atoms with E-state index in [1.165, 1.54) is 0 Å². The van der Waals surface area contributed by atoms with Crippen LogP contribution in [0.25, 0.3) is 0 Å². The predicted molar refractivity (Wildman–Crippen MR) is 76.5 cm³/mol. The second kappa shape index (κ2) is 5.26. The number of carbonyl (C=O) groups excluding carboxylic acids is 1. The van der Waals surface area contributed by atoms with Gasteiger partial charge in [-0.15, -0.1) is 0 Å². The Kier molecular flexibility index (Phi) is 3.69. The first kappa shape index (κ1) is 13.3. The maximum absolute atomic E-state index is 12.6. The van der Waals surface area contributed by atoms with Crippen molar-refractivity contribution in [1.82, 2.24) is 9.78 Å². The van der Waals surface area contributed by atoms with Gasteiger partial charge in [-0.3, -0.25) is 9.48 Å². The molecule has 0 atom stereocenters. The monoisotopic (exact) mass is 257 g/mol. The molecule has 0 aliphatic rings. The van der Waals surface area contributed by atoms with Crippen LogP contribution in [0.5, 0.6) is 0 Å². The normalized spacial score (nSPS) is 10.5. The van der Waals surface area contributed by atoms with E-state index in [1.54, 1.807) is 16.6 Å². The van der Waals surface area contributed by atoms with Crippen LogP contribution < -0.4 is 4.90 Å². The number of carbonyl (C=O) groups is 1. The Balaban J connectivity index is 2.37. The van der Waals surface area contributed by atoms with Crippen molar-refractivity contribution in [3.05, 3.63) is 47.3 Å². The van der Waals surface area contributed by atoms with Crippen molar-refractivity contribution in [1.29, 1.82) is 0 Å².